The first-order chi connectivity index (χ1) is 12.1. The maximum atomic E-state index is 13.7. The molecule has 0 bridgehead atoms. The molecule has 26 heavy (non-hydrogen) atoms. The van der Waals surface area contributed by atoms with E-state index >= 15 is 0 Å². The minimum atomic E-state index is -0.349. The van der Waals surface area contributed by atoms with Gasteiger partial charge >= 0.3 is 0 Å². The number of halogens is 2. The van der Waals surface area contributed by atoms with Crippen molar-refractivity contribution in [2.45, 2.75) is 32.9 Å². The molecule has 144 valence electrons. The molecule has 6 nitrogen and oxygen atoms in total. The lowest BCUT2D eigenvalue weighted by atomic mass is 10.2. The zero-order valence-electron chi connectivity index (χ0n) is 15.4. The van der Waals surface area contributed by atoms with Crippen LogP contribution in [0.2, 0.25) is 0 Å². The van der Waals surface area contributed by atoms with E-state index in [1.165, 1.54) is 6.07 Å². The van der Waals surface area contributed by atoms with Crippen LogP contribution in [0, 0.1) is 12.7 Å². The molecule has 0 fully saturated rings. The van der Waals surface area contributed by atoms with Crippen molar-refractivity contribution >= 4 is 29.9 Å². The Hall–Kier alpha value is -1.84. The number of aromatic nitrogens is 2. The van der Waals surface area contributed by atoms with Crippen molar-refractivity contribution < 1.29 is 9.13 Å². The largest absolute Gasteiger partial charge is 0.486 e. The van der Waals surface area contributed by atoms with Gasteiger partial charge in [-0.1, -0.05) is 19.1 Å². The third kappa shape index (κ3) is 7.19. The molecule has 0 spiro atoms. The van der Waals surface area contributed by atoms with Gasteiger partial charge in [0, 0.05) is 19.8 Å². The van der Waals surface area contributed by atoms with Crippen molar-refractivity contribution in [3.63, 3.8) is 0 Å². The first-order valence-corrected chi connectivity index (χ1v) is 8.47. The van der Waals surface area contributed by atoms with Crippen LogP contribution in [0.25, 0.3) is 0 Å². The maximum absolute atomic E-state index is 13.7. The fraction of sp³-hybridized carbons (Fsp3) is 0.444. The zero-order chi connectivity index (χ0) is 18.1. The normalized spacial score (nSPS) is 12.2. The van der Waals surface area contributed by atoms with Crippen molar-refractivity contribution in [3.05, 3.63) is 48.0 Å². The van der Waals surface area contributed by atoms with E-state index in [1.54, 1.807) is 25.2 Å². The molecule has 1 heterocycles. The first-order valence-electron chi connectivity index (χ1n) is 8.47. The molecule has 1 aromatic carbocycles. The standard InChI is InChI=1S/C18H26FN5O.HI/c1-4-15(25-17-8-6-5-7-16(17)19)12-22-18(20-3)21-9-10-24-13-14(2)11-23-24;/h5-8,11,13,15H,4,9-10,12H2,1-3H3,(H2,20,21,22);1H. The van der Waals surface area contributed by atoms with Gasteiger partial charge in [0.1, 0.15) is 6.10 Å². The minimum Gasteiger partial charge on any atom is -0.486 e. The average molecular weight is 475 g/mol. The van der Waals surface area contributed by atoms with Crippen molar-refractivity contribution in [3.8, 4) is 5.75 Å². The van der Waals surface area contributed by atoms with E-state index in [-0.39, 0.29) is 41.6 Å². The number of para-hydroxylation sites is 1. The summed E-state index contributed by atoms with van der Waals surface area (Å²) in [5, 5.41) is 10.7. The topological polar surface area (TPSA) is 63.5 Å². The van der Waals surface area contributed by atoms with Crippen molar-refractivity contribution in [1.82, 2.24) is 20.4 Å². The Labute approximate surface area is 171 Å². The van der Waals surface area contributed by atoms with Crippen LogP contribution in [0.4, 0.5) is 4.39 Å². The Bertz CT molecular complexity index is 692. The second-order valence-corrected chi connectivity index (χ2v) is 5.74. The third-order valence-corrected chi connectivity index (χ3v) is 3.70. The second kappa shape index (κ2) is 11.7. The number of benzene rings is 1. The monoisotopic (exact) mass is 475 g/mol. The van der Waals surface area contributed by atoms with Crippen LogP contribution < -0.4 is 15.4 Å². The number of rotatable bonds is 8. The van der Waals surface area contributed by atoms with E-state index in [0.717, 1.165) is 18.5 Å². The predicted octanol–water partition coefficient (Wildman–Crippen LogP) is 2.97. The van der Waals surface area contributed by atoms with Crippen LogP contribution in [-0.4, -0.2) is 42.0 Å². The summed E-state index contributed by atoms with van der Waals surface area (Å²) >= 11 is 0. The molecule has 0 aliphatic heterocycles. The highest BCUT2D eigenvalue weighted by molar-refractivity contribution is 14.0. The molecule has 0 radical (unpaired) electrons. The average Bonchev–Trinajstić information content (AvgIpc) is 3.03. The van der Waals surface area contributed by atoms with Crippen LogP contribution in [-0.2, 0) is 6.54 Å². The quantitative estimate of drug-likeness (QED) is 0.350. The number of hydrogen-bond donors (Lipinski definition) is 2. The van der Waals surface area contributed by atoms with Crippen LogP contribution >= 0.6 is 24.0 Å². The third-order valence-electron chi connectivity index (χ3n) is 3.70. The van der Waals surface area contributed by atoms with Gasteiger partial charge in [-0.2, -0.15) is 5.10 Å². The van der Waals surface area contributed by atoms with Gasteiger partial charge in [-0.25, -0.2) is 4.39 Å². The summed E-state index contributed by atoms with van der Waals surface area (Å²) in [4.78, 5) is 4.19. The van der Waals surface area contributed by atoms with Crippen molar-refractivity contribution in [2.24, 2.45) is 4.99 Å². The van der Waals surface area contributed by atoms with Crippen molar-refractivity contribution in [1.29, 1.82) is 0 Å². The highest BCUT2D eigenvalue weighted by atomic mass is 127. The Morgan fingerprint density at radius 3 is 2.73 bits per heavy atom. The van der Waals surface area contributed by atoms with Gasteiger partial charge < -0.3 is 15.4 Å². The molecule has 1 aromatic heterocycles. The molecular formula is C18H27FIN5O. The number of nitrogens with zero attached hydrogens (tertiary/aromatic N) is 3. The van der Waals surface area contributed by atoms with Gasteiger partial charge in [0.2, 0.25) is 0 Å². The Morgan fingerprint density at radius 1 is 1.35 bits per heavy atom. The summed E-state index contributed by atoms with van der Waals surface area (Å²) < 4.78 is 21.3. The first kappa shape index (κ1) is 22.2. The Morgan fingerprint density at radius 2 is 2.12 bits per heavy atom. The van der Waals surface area contributed by atoms with E-state index in [2.05, 4.69) is 20.7 Å². The van der Waals surface area contributed by atoms with Crippen LogP contribution in [0.5, 0.6) is 5.75 Å². The van der Waals surface area contributed by atoms with E-state index in [0.29, 0.717) is 19.0 Å². The summed E-state index contributed by atoms with van der Waals surface area (Å²) in [6.07, 6.45) is 4.43. The fourth-order valence-electron chi connectivity index (χ4n) is 2.30. The molecule has 8 heteroatoms. The second-order valence-electron chi connectivity index (χ2n) is 5.74. The lowest BCUT2D eigenvalue weighted by molar-refractivity contribution is 0.191. The van der Waals surface area contributed by atoms with Gasteiger partial charge in [-0.15, -0.1) is 24.0 Å². The van der Waals surface area contributed by atoms with E-state index in [1.807, 2.05) is 30.9 Å². The number of nitrogens with one attached hydrogen (secondary N) is 2. The summed E-state index contributed by atoms with van der Waals surface area (Å²) in [5.41, 5.74) is 1.14. The van der Waals surface area contributed by atoms with Crippen LogP contribution in [0.3, 0.4) is 0 Å². The summed E-state index contributed by atoms with van der Waals surface area (Å²) in [6, 6.07) is 6.44. The molecule has 0 aliphatic carbocycles. The van der Waals surface area contributed by atoms with Crippen molar-refractivity contribution in [2.75, 3.05) is 20.1 Å². The fourth-order valence-corrected chi connectivity index (χ4v) is 2.30. The predicted molar refractivity (Wildman–Crippen MR) is 113 cm³/mol. The van der Waals surface area contributed by atoms with E-state index in [9.17, 15) is 4.39 Å². The summed E-state index contributed by atoms with van der Waals surface area (Å²) in [7, 11) is 1.71. The highest BCUT2D eigenvalue weighted by Crippen LogP contribution is 2.17. The van der Waals surface area contributed by atoms with Gasteiger partial charge in [0.05, 0.1) is 19.3 Å². The van der Waals surface area contributed by atoms with Gasteiger partial charge in [-0.3, -0.25) is 9.67 Å². The maximum Gasteiger partial charge on any atom is 0.191 e. The van der Waals surface area contributed by atoms with Crippen LogP contribution in [0.15, 0.2) is 41.7 Å². The molecule has 2 aromatic rings. The molecule has 1 atom stereocenters. The summed E-state index contributed by atoms with van der Waals surface area (Å²) in [6.45, 7) is 6.00. The van der Waals surface area contributed by atoms with Gasteiger partial charge in [0.25, 0.3) is 0 Å². The molecule has 0 saturated carbocycles. The number of hydrogen-bond acceptors (Lipinski definition) is 3. The van der Waals surface area contributed by atoms with Gasteiger partial charge in [0.15, 0.2) is 17.5 Å². The Kier molecular flexibility index (Phi) is 10.0. The molecular weight excluding hydrogens is 448 g/mol. The number of ether oxygens (including phenoxy) is 1. The van der Waals surface area contributed by atoms with Crippen LogP contribution in [0.1, 0.15) is 18.9 Å². The number of guanidine groups is 1. The SMILES string of the molecule is CCC(CNC(=NC)NCCn1cc(C)cn1)Oc1ccccc1F.I. The Balaban J connectivity index is 0.00000338. The molecule has 1 unspecified atom stereocenters. The highest BCUT2D eigenvalue weighted by Gasteiger charge is 2.11. The smallest absolute Gasteiger partial charge is 0.191 e. The lowest BCUT2D eigenvalue weighted by Crippen LogP contribution is -2.43. The number of aryl methyl sites for hydroxylation is 1. The lowest BCUT2D eigenvalue weighted by Gasteiger charge is -2.20. The molecule has 0 amide bonds. The zero-order valence-corrected chi connectivity index (χ0v) is 17.7. The molecule has 2 N–H and O–H groups in total. The van der Waals surface area contributed by atoms with Gasteiger partial charge in [-0.05, 0) is 31.0 Å². The minimum absolute atomic E-state index is 0. The number of aliphatic imine (C=N–C) groups is 1. The van der Waals surface area contributed by atoms with E-state index < -0.39 is 0 Å². The van der Waals surface area contributed by atoms with E-state index in [4.69, 9.17) is 4.74 Å². The molecule has 2 rings (SSSR count). The molecule has 0 saturated heterocycles. The molecule has 0 aliphatic rings. The summed E-state index contributed by atoms with van der Waals surface area (Å²) in [5.74, 6) is 0.602.